The van der Waals surface area contributed by atoms with Gasteiger partial charge < -0.3 is 15.2 Å². The normalized spacial score (nSPS) is 15.0. The molecule has 0 saturated carbocycles. The number of anilines is 2. The number of H-pyrrole nitrogens is 1. The zero-order valence-corrected chi connectivity index (χ0v) is 12.2. The van der Waals surface area contributed by atoms with Crippen molar-refractivity contribution in [3.8, 4) is 0 Å². The van der Waals surface area contributed by atoms with Crippen LogP contribution >= 0.6 is 0 Å². The Morgan fingerprint density at radius 1 is 1.23 bits per heavy atom. The zero-order valence-electron chi connectivity index (χ0n) is 12.2. The van der Waals surface area contributed by atoms with Gasteiger partial charge in [0.25, 0.3) is 0 Å². The first kappa shape index (κ1) is 12.9. The van der Waals surface area contributed by atoms with Gasteiger partial charge in [-0.05, 0) is 19.1 Å². The molecule has 1 aliphatic heterocycles. The van der Waals surface area contributed by atoms with Crippen LogP contribution in [0.15, 0.2) is 24.8 Å². The fourth-order valence-electron chi connectivity index (χ4n) is 2.59. The summed E-state index contributed by atoms with van der Waals surface area (Å²) in [7, 11) is 0. The van der Waals surface area contributed by atoms with Crippen molar-refractivity contribution in [1.29, 1.82) is 0 Å². The lowest BCUT2D eigenvalue weighted by molar-refractivity contribution is 0.425. The van der Waals surface area contributed by atoms with Gasteiger partial charge in [-0.25, -0.2) is 15.0 Å². The smallest absolute Gasteiger partial charge is 0.182 e. The fourth-order valence-corrected chi connectivity index (χ4v) is 2.59. The van der Waals surface area contributed by atoms with E-state index in [2.05, 4.69) is 40.3 Å². The molecule has 8 heteroatoms. The zero-order chi connectivity index (χ0) is 14.9. The van der Waals surface area contributed by atoms with Crippen LogP contribution in [0.4, 0.5) is 11.6 Å². The minimum absolute atomic E-state index is 0.566. The summed E-state index contributed by atoms with van der Waals surface area (Å²) in [6, 6.07) is 4.01. The van der Waals surface area contributed by atoms with E-state index in [1.165, 1.54) is 6.33 Å². The Morgan fingerprint density at radius 3 is 2.95 bits per heavy atom. The van der Waals surface area contributed by atoms with Crippen LogP contribution in [0.1, 0.15) is 5.69 Å². The average Bonchev–Trinajstić information content (AvgIpc) is 2.96. The standard InChI is InChI=1S/C14H16N8/c1-9-2-3-11(21-20-9)22-5-10(6-22)4-15-13-12-14(17-7-16-12)19-8-18-13/h2-3,7-8,10H,4-6H2,1H3,(H2,15,16,17,18,19). The van der Waals surface area contributed by atoms with Crippen molar-refractivity contribution in [3.63, 3.8) is 0 Å². The molecule has 2 N–H and O–H groups in total. The number of aryl methyl sites for hydroxylation is 1. The highest BCUT2D eigenvalue weighted by molar-refractivity contribution is 5.81. The first-order valence-electron chi connectivity index (χ1n) is 7.23. The molecule has 0 amide bonds. The maximum atomic E-state index is 4.27. The molecule has 1 saturated heterocycles. The molecule has 0 aliphatic carbocycles. The van der Waals surface area contributed by atoms with Crippen molar-refractivity contribution in [2.75, 3.05) is 29.9 Å². The van der Waals surface area contributed by atoms with Gasteiger partial charge in [0.2, 0.25) is 0 Å². The van der Waals surface area contributed by atoms with Gasteiger partial charge in [0.15, 0.2) is 17.3 Å². The number of aromatic nitrogens is 6. The molecule has 1 fully saturated rings. The number of imidazole rings is 1. The van der Waals surface area contributed by atoms with E-state index in [0.717, 1.165) is 42.5 Å². The number of rotatable bonds is 4. The molecule has 4 rings (SSSR count). The molecule has 112 valence electrons. The summed E-state index contributed by atoms with van der Waals surface area (Å²) in [5.41, 5.74) is 2.47. The first-order valence-corrected chi connectivity index (χ1v) is 7.23. The van der Waals surface area contributed by atoms with E-state index in [-0.39, 0.29) is 0 Å². The molecule has 1 aliphatic rings. The molecule has 0 aromatic carbocycles. The summed E-state index contributed by atoms with van der Waals surface area (Å²) >= 11 is 0. The lowest BCUT2D eigenvalue weighted by atomic mass is 10.0. The molecule has 3 aromatic rings. The maximum Gasteiger partial charge on any atom is 0.182 e. The highest BCUT2D eigenvalue weighted by Crippen LogP contribution is 2.23. The van der Waals surface area contributed by atoms with E-state index >= 15 is 0 Å². The second kappa shape index (κ2) is 5.21. The van der Waals surface area contributed by atoms with Crippen LogP contribution in [0.25, 0.3) is 11.2 Å². The van der Waals surface area contributed by atoms with Gasteiger partial charge in [-0.15, -0.1) is 5.10 Å². The summed E-state index contributed by atoms with van der Waals surface area (Å²) in [6.45, 7) is 4.75. The van der Waals surface area contributed by atoms with Crippen LogP contribution in [0, 0.1) is 12.8 Å². The summed E-state index contributed by atoms with van der Waals surface area (Å²) in [5.74, 6) is 2.31. The maximum absolute atomic E-state index is 4.27. The highest BCUT2D eigenvalue weighted by atomic mass is 15.3. The number of fused-ring (bicyclic) bond motifs is 1. The van der Waals surface area contributed by atoms with Crippen molar-refractivity contribution in [3.05, 3.63) is 30.5 Å². The Morgan fingerprint density at radius 2 is 2.14 bits per heavy atom. The van der Waals surface area contributed by atoms with E-state index in [0.29, 0.717) is 11.6 Å². The minimum atomic E-state index is 0.566. The molecular formula is C14H16N8. The Balaban J connectivity index is 1.35. The van der Waals surface area contributed by atoms with Crippen LogP contribution in [-0.4, -0.2) is 49.8 Å². The molecule has 22 heavy (non-hydrogen) atoms. The van der Waals surface area contributed by atoms with Gasteiger partial charge in [0, 0.05) is 25.6 Å². The monoisotopic (exact) mass is 296 g/mol. The third-order valence-corrected chi connectivity index (χ3v) is 3.85. The number of hydrogen-bond donors (Lipinski definition) is 2. The number of nitrogens with one attached hydrogen (secondary N) is 2. The van der Waals surface area contributed by atoms with E-state index in [1.807, 2.05) is 19.1 Å². The third-order valence-electron chi connectivity index (χ3n) is 3.85. The fraction of sp³-hybridized carbons (Fsp3) is 0.357. The second-order valence-corrected chi connectivity index (χ2v) is 5.51. The van der Waals surface area contributed by atoms with Gasteiger partial charge in [0.05, 0.1) is 12.0 Å². The van der Waals surface area contributed by atoms with Crippen molar-refractivity contribution in [2.24, 2.45) is 5.92 Å². The predicted octanol–water partition coefficient (Wildman–Crippen LogP) is 1.000. The Bertz CT molecular complexity index is 775. The molecule has 3 aromatic heterocycles. The Hall–Kier alpha value is -2.77. The van der Waals surface area contributed by atoms with Gasteiger partial charge in [-0.3, -0.25) is 0 Å². The summed E-state index contributed by atoms with van der Waals surface area (Å²) in [5, 5.41) is 11.7. The lowest BCUT2D eigenvalue weighted by Gasteiger charge is -2.40. The number of aromatic amines is 1. The molecule has 0 radical (unpaired) electrons. The second-order valence-electron chi connectivity index (χ2n) is 5.51. The number of hydrogen-bond acceptors (Lipinski definition) is 7. The Labute approximate surface area is 127 Å². The van der Waals surface area contributed by atoms with Gasteiger partial charge >= 0.3 is 0 Å². The average molecular weight is 296 g/mol. The lowest BCUT2D eigenvalue weighted by Crippen LogP contribution is -2.50. The van der Waals surface area contributed by atoms with Crippen molar-refractivity contribution < 1.29 is 0 Å². The SMILES string of the molecule is Cc1ccc(N2CC(CNc3ncnc4nc[nH]c34)C2)nn1. The Kier molecular flexibility index (Phi) is 3.06. The highest BCUT2D eigenvalue weighted by Gasteiger charge is 2.27. The third kappa shape index (κ3) is 2.32. The van der Waals surface area contributed by atoms with Crippen molar-refractivity contribution in [2.45, 2.75) is 6.92 Å². The van der Waals surface area contributed by atoms with E-state index in [9.17, 15) is 0 Å². The molecule has 0 unspecified atom stereocenters. The van der Waals surface area contributed by atoms with Crippen molar-refractivity contribution in [1.82, 2.24) is 30.1 Å². The molecule has 0 bridgehead atoms. The summed E-state index contributed by atoms with van der Waals surface area (Å²) in [6.07, 6.45) is 3.16. The van der Waals surface area contributed by atoms with Gasteiger partial charge in [0.1, 0.15) is 11.8 Å². The summed E-state index contributed by atoms with van der Waals surface area (Å²) in [4.78, 5) is 17.8. The van der Waals surface area contributed by atoms with Crippen molar-refractivity contribution >= 4 is 22.8 Å². The molecule has 4 heterocycles. The largest absolute Gasteiger partial charge is 0.368 e. The summed E-state index contributed by atoms with van der Waals surface area (Å²) < 4.78 is 0. The van der Waals surface area contributed by atoms with Crippen LogP contribution in [-0.2, 0) is 0 Å². The van der Waals surface area contributed by atoms with Crippen LogP contribution < -0.4 is 10.2 Å². The molecule has 8 nitrogen and oxygen atoms in total. The first-order chi connectivity index (χ1) is 10.8. The van der Waals surface area contributed by atoms with Crippen LogP contribution in [0.2, 0.25) is 0 Å². The number of nitrogens with zero attached hydrogens (tertiary/aromatic N) is 6. The van der Waals surface area contributed by atoms with E-state index in [4.69, 9.17) is 0 Å². The van der Waals surface area contributed by atoms with Gasteiger partial charge in [-0.1, -0.05) is 0 Å². The van der Waals surface area contributed by atoms with E-state index < -0.39 is 0 Å². The quantitative estimate of drug-likeness (QED) is 0.741. The van der Waals surface area contributed by atoms with Crippen LogP contribution in [0.5, 0.6) is 0 Å². The van der Waals surface area contributed by atoms with E-state index in [1.54, 1.807) is 6.33 Å². The molecule has 0 atom stereocenters. The molecule has 0 spiro atoms. The predicted molar refractivity (Wildman–Crippen MR) is 82.6 cm³/mol. The van der Waals surface area contributed by atoms with Gasteiger partial charge in [-0.2, -0.15) is 5.10 Å². The minimum Gasteiger partial charge on any atom is -0.368 e. The topological polar surface area (TPSA) is 95.5 Å². The molecular weight excluding hydrogens is 280 g/mol. The van der Waals surface area contributed by atoms with Crippen LogP contribution in [0.3, 0.4) is 0 Å².